The number of anilines is 3. The summed E-state index contributed by atoms with van der Waals surface area (Å²) in [5, 5.41) is 16.0. The number of nitrogens with one attached hydrogen (secondary N) is 2. The fourth-order valence-corrected chi connectivity index (χ4v) is 6.41. The molecule has 1 saturated carbocycles. The highest BCUT2D eigenvalue weighted by Gasteiger charge is 2.35. The van der Waals surface area contributed by atoms with Crippen LogP contribution in [0.25, 0.3) is 0 Å². The van der Waals surface area contributed by atoms with Crippen LogP contribution in [0.3, 0.4) is 0 Å². The lowest BCUT2D eigenvalue weighted by atomic mass is 9.88. The molecule has 5 rings (SSSR count). The van der Waals surface area contributed by atoms with Crippen LogP contribution < -0.4 is 21.1 Å². The van der Waals surface area contributed by atoms with Crippen LogP contribution in [0.5, 0.6) is 5.75 Å². The molecule has 5 N–H and O–H groups in total. The van der Waals surface area contributed by atoms with Gasteiger partial charge in [0.1, 0.15) is 6.10 Å². The van der Waals surface area contributed by atoms with E-state index in [2.05, 4.69) is 15.5 Å². The third-order valence-corrected chi connectivity index (χ3v) is 9.29. The van der Waals surface area contributed by atoms with Crippen LogP contribution in [-0.2, 0) is 11.3 Å². The standard InChI is InChI=1S/C37H47N5O5/c1-24-20-42(25(2)23-43)37(46)29-12-9-15-32(40-35(44)27-10-5-4-6-11-27)34(29)47-33(24)22-41(3)21-26-16-18-28(19-17-26)36(45)39-31-14-8-7-13-30(31)38/h7-9,12-19,24-25,27,33,43H,4-6,10-11,20-23,38H2,1-3H3,(H,39,45)(H,40,44)/t24-,25+,33+/m1/s1. The zero-order valence-electron chi connectivity index (χ0n) is 27.6. The number of carbonyl (C=O) groups excluding carboxylic acids is 3. The second-order valence-electron chi connectivity index (χ2n) is 13.1. The number of fused-ring (bicyclic) bond motifs is 1. The van der Waals surface area contributed by atoms with E-state index >= 15 is 0 Å². The van der Waals surface area contributed by atoms with Crippen LogP contribution in [0, 0.1) is 11.8 Å². The monoisotopic (exact) mass is 641 g/mol. The van der Waals surface area contributed by atoms with E-state index in [0.717, 1.165) is 37.7 Å². The largest absolute Gasteiger partial charge is 0.486 e. The molecule has 10 heteroatoms. The van der Waals surface area contributed by atoms with Crippen molar-refractivity contribution in [3.05, 3.63) is 83.4 Å². The van der Waals surface area contributed by atoms with Crippen LogP contribution in [0.2, 0.25) is 0 Å². The molecule has 3 aromatic carbocycles. The van der Waals surface area contributed by atoms with Crippen LogP contribution >= 0.6 is 0 Å². The number of amides is 3. The van der Waals surface area contributed by atoms with Gasteiger partial charge in [0.25, 0.3) is 11.8 Å². The summed E-state index contributed by atoms with van der Waals surface area (Å²) in [6, 6.07) is 19.5. The molecule has 0 spiro atoms. The molecule has 1 heterocycles. The number of nitrogens with two attached hydrogens (primary N) is 1. The van der Waals surface area contributed by atoms with Crippen molar-refractivity contribution < 1.29 is 24.2 Å². The molecule has 0 aromatic heterocycles. The lowest BCUT2D eigenvalue weighted by Gasteiger charge is -2.38. The molecule has 250 valence electrons. The van der Waals surface area contributed by atoms with Gasteiger partial charge in [-0.05, 0) is 68.8 Å². The average molecular weight is 642 g/mol. The molecule has 3 amide bonds. The highest BCUT2D eigenvalue weighted by molar-refractivity contribution is 6.05. The van der Waals surface area contributed by atoms with Gasteiger partial charge in [0, 0.05) is 37.0 Å². The Hall–Kier alpha value is -4.41. The number of hydrogen-bond donors (Lipinski definition) is 4. The maximum Gasteiger partial charge on any atom is 0.258 e. The molecule has 0 bridgehead atoms. The molecule has 47 heavy (non-hydrogen) atoms. The van der Waals surface area contributed by atoms with Gasteiger partial charge in [-0.3, -0.25) is 19.3 Å². The SMILES string of the molecule is C[C@@H]1CN([C@@H](C)CO)C(=O)c2cccc(NC(=O)C3CCCCC3)c2O[C@H]1CN(C)Cc1ccc(C(=O)Nc2ccccc2N)cc1. The molecule has 10 nitrogen and oxygen atoms in total. The van der Waals surface area contributed by atoms with Crippen LogP contribution in [0.15, 0.2) is 66.7 Å². The Morgan fingerprint density at radius 3 is 2.40 bits per heavy atom. The summed E-state index contributed by atoms with van der Waals surface area (Å²) < 4.78 is 6.70. The predicted octanol–water partition coefficient (Wildman–Crippen LogP) is 5.39. The number of nitrogens with zero attached hydrogens (tertiary/aromatic N) is 2. The van der Waals surface area contributed by atoms with Crippen molar-refractivity contribution >= 4 is 34.8 Å². The minimum Gasteiger partial charge on any atom is -0.486 e. The molecule has 3 atom stereocenters. The Morgan fingerprint density at radius 1 is 1.00 bits per heavy atom. The molecule has 1 aliphatic heterocycles. The molecular weight excluding hydrogens is 594 g/mol. The molecule has 1 fully saturated rings. The van der Waals surface area contributed by atoms with Gasteiger partial charge >= 0.3 is 0 Å². The Kier molecular flexibility index (Phi) is 11.2. The molecule has 3 aromatic rings. The summed E-state index contributed by atoms with van der Waals surface area (Å²) in [6.45, 7) is 5.27. The normalized spacial score (nSPS) is 19.3. The van der Waals surface area contributed by atoms with E-state index in [9.17, 15) is 19.5 Å². The molecular formula is C37H47N5O5. The first-order chi connectivity index (χ1) is 22.6. The second-order valence-corrected chi connectivity index (χ2v) is 13.1. The fraction of sp³-hybridized carbons (Fsp3) is 0.432. The third kappa shape index (κ3) is 8.31. The van der Waals surface area contributed by atoms with Crippen molar-refractivity contribution in [2.45, 2.75) is 64.6 Å². The van der Waals surface area contributed by atoms with Gasteiger partial charge in [0.2, 0.25) is 5.91 Å². The maximum absolute atomic E-state index is 13.8. The van der Waals surface area contributed by atoms with Gasteiger partial charge < -0.3 is 31.1 Å². The number of carbonyl (C=O) groups is 3. The van der Waals surface area contributed by atoms with E-state index in [0.29, 0.717) is 53.6 Å². The summed E-state index contributed by atoms with van der Waals surface area (Å²) in [7, 11) is 2.00. The summed E-state index contributed by atoms with van der Waals surface area (Å²) in [5.41, 5.74) is 9.47. The summed E-state index contributed by atoms with van der Waals surface area (Å²) in [4.78, 5) is 43.7. The summed E-state index contributed by atoms with van der Waals surface area (Å²) in [6.07, 6.45) is 4.63. The van der Waals surface area contributed by atoms with E-state index < -0.39 is 0 Å². The fourth-order valence-electron chi connectivity index (χ4n) is 6.41. The summed E-state index contributed by atoms with van der Waals surface area (Å²) >= 11 is 0. The minimum atomic E-state index is -0.385. The van der Waals surface area contributed by atoms with E-state index in [1.165, 1.54) is 0 Å². The van der Waals surface area contributed by atoms with Crippen LogP contribution in [0.1, 0.15) is 72.2 Å². The first-order valence-electron chi connectivity index (χ1n) is 16.6. The molecule has 0 saturated heterocycles. The van der Waals surface area contributed by atoms with Gasteiger partial charge in [-0.25, -0.2) is 0 Å². The topological polar surface area (TPSA) is 137 Å². The molecule has 1 aliphatic carbocycles. The number of aliphatic hydroxyl groups excluding tert-OH is 1. The van der Waals surface area contributed by atoms with Crippen molar-refractivity contribution in [2.75, 3.05) is 43.1 Å². The Labute approximate surface area is 277 Å². The van der Waals surface area contributed by atoms with E-state index in [4.69, 9.17) is 10.5 Å². The molecule has 2 aliphatic rings. The predicted molar refractivity (Wildman–Crippen MR) is 184 cm³/mol. The quantitative estimate of drug-likeness (QED) is 0.218. The van der Waals surface area contributed by atoms with Gasteiger partial charge in [-0.15, -0.1) is 0 Å². The second kappa shape index (κ2) is 15.5. The number of ether oxygens (including phenoxy) is 1. The van der Waals surface area contributed by atoms with Crippen molar-refractivity contribution in [3.63, 3.8) is 0 Å². The van der Waals surface area contributed by atoms with Crippen molar-refractivity contribution in [1.82, 2.24) is 9.80 Å². The number of aliphatic hydroxyl groups is 1. The van der Waals surface area contributed by atoms with Gasteiger partial charge in [-0.2, -0.15) is 0 Å². The number of hydrogen-bond acceptors (Lipinski definition) is 7. The van der Waals surface area contributed by atoms with Crippen molar-refractivity contribution in [3.8, 4) is 5.75 Å². The Bertz CT molecular complexity index is 1550. The lowest BCUT2D eigenvalue weighted by molar-refractivity contribution is -0.120. The highest BCUT2D eigenvalue weighted by atomic mass is 16.5. The van der Waals surface area contributed by atoms with Gasteiger partial charge in [0.05, 0.1) is 35.3 Å². The van der Waals surface area contributed by atoms with E-state index in [1.807, 2.05) is 45.2 Å². The smallest absolute Gasteiger partial charge is 0.258 e. The van der Waals surface area contributed by atoms with Gasteiger partial charge in [-0.1, -0.05) is 56.5 Å². The van der Waals surface area contributed by atoms with Crippen LogP contribution in [-0.4, -0.2) is 71.5 Å². The number of para-hydroxylation sites is 3. The maximum atomic E-state index is 13.8. The van der Waals surface area contributed by atoms with Crippen LogP contribution in [0.4, 0.5) is 17.1 Å². The zero-order chi connectivity index (χ0) is 33.5. The Morgan fingerprint density at radius 2 is 1.70 bits per heavy atom. The number of rotatable bonds is 10. The third-order valence-electron chi connectivity index (χ3n) is 9.29. The number of benzene rings is 3. The first-order valence-corrected chi connectivity index (χ1v) is 16.6. The molecule has 0 radical (unpaired) electrons. The van der Waals surface area contributed by atoms with E-state index in [1.54, 1.807) is 47.4 Å². The van der Waals surface area contributed by atoms with Crippen molar-refractivity contribution in [1.29, 1.82) is 0 Å². The van der Waals surface area contributed by atoms with Crippen molar-refractivity contribution in [2.24, 2.45) is 11.8 Å². The summed E-state index contributed by atoms with van der Waals surface area (Å²) in [5.74, 6) is -0.264. The number of likely N-dealkylation sites (N-methyl/N-ethyl adjacent to an activating group) is 1. The first kappa shape index (κ1) is 33.9. The average Bonchev–Trinajstić information content (AvgIpc) is 3.08. The molecule has 0 unspecified atom stereocenters. The highest BCUT2D eigenvalue weighted by Crippen LogP contribution is 2.36. The zero-order valence-corrected chi connectivity index (χ0v) is 27.6. The van der Waals surface area contributed by atoms with Gasteiger partial charge in [0.15, 0.2) is 5.75 Å². The van der Waals surface area contributed by atoms with E-state index in [-0.39, 0.29) is 48.3 Å². The minimum absolute atomic E-state index is 0.0390. The number of nitrogen functional groups attached to an aromatic ring is 1. The Balaban J connectivity index is 1.32. The lowest BCUT2D eigenvalue weighted by Crippen LogP contribution is -2.49.